The molecule has 0 aliphatic rings. The zero-order valence-electron chi connectivity index (χ0n) is 6.02. The second-order valence-corrected chi connectivity index (χ2v) is 2.66. The van der Waals surface area contributed by atoms with Crippen LogP contribution in [0, 0.1) is 0 Å². The monoisotopic (exact) mass is 172 g/mol. The smallest absolute Gasteiger partial charge is 0.283 e. The van der Waals surface area contributed by atoms with Gasteiger partial charge in [-0.3, -0.25) is 0 Å². The van der Waals surface area contributed by atoms with E-state index in [4.69, 9.17) is 10.2 Å². The number of amidine groups is 1. The van der Waals surface area contributed by atoms with Crippen molar-refractivity contribution in [1.82, 2.24) is 10.2 Å². The molecule has 0 saturated heterocycles. The Labute approximate surface area is 68.2 Å². The molecule has 1 aromatic heterocycles. The van der Waals surface area contributed by atoms with E-state index < -0.39 is 0 Å². The van der Waals surface area contributed by atoms with Gasteiger partial charge in [-0.1, -0.05) is 6.92 Å². The highest BCUT2D eigenvalue weighted by Crippen LogP contribution is 2.02. The number of aromatic nitrogens is 2. The molecule has 0 aliphatic heterocycles. The van der Waals surface area contributed by atoms with Gasteiger partial charge in [0, 0.05) is 5.75 Å². The van der Waals surface area contributed by atoms with Crippen LogP contribution in [0.1, 0.15) is 12.8 Å². The Morgan fingerprint density at radius 3 is 3.27 bits per heavy atom. The van der Waals surface area contributed by atoms with Gasteiger partial charge in [0.25, 0.3) is 5.89 Å². The van der Waals surface area contributed by atoms with Crippen LogP contribution in [0.5, 0.6) is 0 Å². The predicted molar refractivity (Wildman–Crippen MR) is 43.2 cm³/mol. The molecule has 1 rings (SSSR count). The van der Waals surface area contributed by atoms with E-state index >= 15 is 0 Å². The molecule has 11 heavy (non-hydrogen) atoms. The predicted octanol–water partition coefficient (Wildman–Crippen LogP) is 0.443. The quantitative estimate of drug-likeness (QED) is 0.406. The van der Waals surface area contributed by atoms with Gasteiger partial charge in [0.1, 0.15) is 0 Å². The minimum atomic E-state index is 0.269. The van der Waals surface area contributed by atoms with Crippen molar-refractivity contribution in [3.63, 3.8) is 0 Å². The van der Waals surface area contributed by atoms with Crippen LogP contribution in [-0.4, -0.2) is 21.8 Å². The van der Waals surface area contributed by atoms with Gasteiger partial charge in [0.05, 0.1) is 0 Å². The highest BCUT2D eigenvalue weighted by Gasteiger charge is 2.02. The Balaban J connectivity index is 2.62. The minimum Gasteiger partial charge on any atom is -0.421 e. The molecular weight excluding hydrogens is 164 g/mol. The summed E-state index contributed by atoms with van der Waals surface area (Å²) in [5, 5.41) is 7.05. The summed E-state index contributed by atoms with van der Waals surface area (Å²) in [5.74, 6) is 1.41. The fraction of sp³-hybridized carbons (Fsp3) is 0.400. The van der Waals surface area contributed by atoms with E-state index in [-0.39, 0.29) is 11.7 Å². The molecular formula is C5H8N4OS. The molecule has 0 aliphatic carbocycles. The maximum atomic E-state index is 5.46. The highest BCUT2D eigenvalue weighted by atomic mass is 32.2. The Kier molecular flexibility index (Phi) is 2.91. The van der Waals surface area contributed by atoms with E-state index in [9.17, 15) is 0 Å². The molecule has 0 unspecified atom stereocenters. The first-order valence-corrected chi connectivity index (χ1v) is 4.00. The third kappa shape index (κ3) is 2.23. The molecule has 0 radical (unpaired) electrons. The molecule has 60 valence electrons. The fourth-order valence-electron chi connectivity index (χ4n) is 0.458. The van der Waals surface area contributed by atoms with Crippen LogP contribution >= 0.6 is 11.9 Å². The van der Waals surface area contributed by atoms with Crippen molar-refractivity contribution in [3.8, 4) is 0 Å². The van der Waals surface area contributed by atoms with E-state index in [0.717, 1.165) is 5.75 Å². The summed E-state index contributed by atoms with van der Waals surface area (Å²) < 4.78 is 8.70. The number of nitrogens with two attached hydrogens (primary N) is 1. The summed E-state index contributed by atoms with van der Waals surface area (Å²) in [4.78, 5) is 0. The lowest BCUT2D eigenvalue weighted by Crippen LogP contribution is -2.12. The van der Waals surface area contributed by atoms with Gasteiger partial charge in [-0.15, -0.1) is 10.2 Å². The summed E-state index contributed by atoms with van der Waals surface area (Å²) in [6.45, 7) is 1.98. The van der Waals surface area contributed by atoms with Crippen molar-refractivity contribution < 1.29 is 4.42 Å². The third-order valence-corrected chi connectivity index (χ3v) is 1.46. The second-order valence-electron chi connectivity index (χ2n) is 1.64. The number of nitrogens with zero attached hydrogens (tertiary/aromatic N) is 3. The Bertz CT molecular complexity index is 233. The largest absolute Gasteiger partial charge is 0.421 e. The highest BCUT2D eigenvalue weighted by molar-refractivity contribution is 7.98. The normalized spacial score (nSPS) is 11.9. The van der Waals surface area contributed by atoms with Crippen molar-refractivity contribution in [3.05, 3.63) is 12.3 Å². The molecule has 0 atom stereocenters. The standard InChI is InChI=1S/C5H8N4OS/c1-2-11-9-4(6)5-8-7-3-10-5/h3H,2H2,1H3,(H2,6,9). The fourth-order valence-corrected chi connectivity index (χ4v) is 0.804. The van der Waals surface area contributed by atoms with Crippen LogP contribution in [0.3, 0.4) is 0 Å². The van der Waals surface area contributed by atoms with Crippen LogP contribution in [-0.2, 0) is 0 Å². The summed E-state index contributed by atoms with van der Waals surface area (Å²) in [6, 6.07) is 0. The van der Waals surface area contributed by atoms with Gasteiger partial charge in [-0.05, 0) is 11.9 Å². The lowest BCUT2D eigenvalue weighted by atomic mass is 10.6. The van der Waals surface area contributed by atoms with Gasteiger partial charge in [-0.2, -0.15) is 4.40 Å². The average Bonchev–Trinajstić information content (AvgIpc) is 2.52. The SMILES string of the molecule is CCSN=C(N)c1nnco1. The van der Waals surface area contributed by atoms with Crippen LogP contribution in [0.2, 0.25) is 0 Å². The Morgan fingerprint density at radius 2 is 2.73 bits per heavy atom. The van der Waals surface area contributed by atoms with Crippen LogP contribution in [0.4, 0.5) is 0 Å². The van der Waals surface area contributed by atoms with E-state index in [0.29, 0.717) is 0 Å². The lowest BCUT2D eigenvalue weighted by molar-refractivity contribution is 0.542. The maximum absolute atomic E-state index is 5.46. The molecule has 1 heterocycles. The van der Waals surface area contributed by atoms with Gasteiger partial charge in [0.15, 0.2) is 5.84 Å². The van der Waals surface area contributed by atoms with Crippen LogP contribution in [0.25, 0.3) is 0 Å². The Morgan fingerprint density at radius 1 is 1.91 bits per heavy atom. The number of hydrogen-bond acceptors (Lipinski definition) is 5. The third-order valence-electron chi connectivity index (χ3n) is 0.871. The summed E-state index contributed by atoms with van der Waals surface area (Å²) >= 11 is 1.35. The molecule has 6 heteroatoms. The van der Waals surface area contributed by atoms with Crippen molar-refractivity contribution in [2.45, 2.75) is 6.92 Å². The van der Waals surface area contributed by atoms with Gasteiger partial charge in [0.2, 0.25) is 6.39 Å². The van der Waals surface area contributed by atoms with Crippen molar-refractivity contribution in [1.29, 1.82) is 0 Å². The first-order valence-electron chi connectivity index (χ1n) is 3.06. The average molecular weight is 172 g/mol. The van der Waals surface area contributed by atoms with Crippen LogP contribution in [0.15, 0.2) is 15.2 Å². The van der Waals surface area contributed by atoms with Gasteiger partial charge in [-0.25, -0.2) is 0 Å². The maximum Gasteiger partial charge on any atom is 0.283 e. The molecule has 0 saturated carbocycles. The van der Waals surface area contributed by atoms with E-state index in [1.807, 2.05) is 6.92 Å². The first kappa shape index (κ1) is 8.06. The summed E-state index contributed by atoms with van der Waals surface area (Å²) in [5.41, 5.74) is 5.46. The van der Waals surface area contributed by atoms with Crippen molar-refractivity contribution in [2.75, 3.05) is 5.75 Å². The van der Waals surface area contributed by atoms with Crippen LogP contribution < -0.4 is 5.73 Å². The minimum absolute atomic E-state index is 0.269. The topological polar surface area (TPSA) is 77.3 Å². The van der Waals surface area contributed by atoms with Gasteiger partial charge < -0.3 is 10.2 Å². The van der Waals surface area contributed by atoms with E-state index in [1.54, 1.807) is 0 Å². The second kappa shape index (κ2) is 3.97. The molecule has 5 nitrogen and oxygen atoms in total. The molecule has 0 spiro atoms. The lowest BCUT2D eigenvalue weighted by Gasteiger charge is -1.89. The number of rotatable bonds is 3. The Hall–Kier alpha value is -1.04. The van der Waals surface area contributed by atoms with E-state index in [2.05, 4.69) is 14.6 Å². The number of hydrogen-bond donors (Lipinski definition) is 1. The zero-order valence-corrected chi connectivity index (χ0v) is 6.84. The molecule has 0 amide bonds. The zero-order chi connectivity index (χ0) is 8.10. The molecule has 0 fully saturated rings. The van der Waals surface area contributed by atoms with E-state index in [1.165, 1.54) is 18.3 Å². The first-order chi connectivity index (χ1) is 5.34. The van der Waals surface area contributed by atoms with Crippen molar-refractivity contribution >= 4 is 17.8 Å². The van der Waals surface area contributed by atoms with Crippen molar-refractivity contribution in [2.24, 2.45) is 10.1 Å². The molecule has 0 bridgehead atoms. The summed E-state index contributed by atoms with van der Waals surface area (Å²) in [7, 11) is 0. The molecule has 2 N–H and O–H groups in total. The van der Waals surface area contributed by atoms with Gasteiger partial charge >= 0.3 is 0 Å². The summed E-state index contributed by atoms with van der Waals surface area (Å²) in [6.07, 6.45) is 1.22. The molecule has 0 aromatic carbocycles. The molecule has 1 aromatic rings.